The number of halogens is 2. The third kappa shape index (κ3) is 3.47. The Morgan fingerprint density at radius 3 is 2.58 bits per heavy atom. The van der Waals surface area contributed by atoms with E-state index in [1.54, 1.807) is 12.3 Å². The van der Waals surface area contributed by atoms with Gasteiger partial charge in [0.25, 0.3) is 0 Å². The number of ether oxygens (including phenoxy) is 1. The van der Waals surface area contributed by atoms with Crippen LogP contribution in [0.5, 0.6) is 11.5 Å². The first-order valence-corrected chi connectivity index (χ1v) is 9.05. The molecule has 0 heterocycles. The molecule has 122 valence electrons. The van der Waals surface area contributed by atoms with Gasteiger partial charge in [-0.1, -0.05) is 30.3 Å². The molecule has 0 aliphatic rings. The molecule has 0 radical (unpaired) electrons. The smallest absolute Gasteiger partial charge is 0.167 e. The van der Waals surface area contributed by atoms with Gasteiger partial charge >= 0.3 is 0 Å². The second-order valence-corrected chi connectivity index (χ2v) is 6.80. The highest BCUT2D eigenvalue weighted by atomic mass is 79.9. The molecule has 0 saturated carbocycles. The van der Waals surface area contributed by atoms with Crippen LogP contribution < -0.4 is 4.74 Å². The topological polar surface area (TPSA) is 41.8 Å². The van der Waals surface area contributed by atoms with Crippen LogP contribution >= 0.6 is 31.9 Å². The zero-order valence-corrected chi connectivity index (χ0v) is 16.1. The van der Waals surface area contributed by atoms with E-state index >= 15 is 0 Å². The molecule has 0 bridgehead atoms. The Kier molecular flexibility index (Phi) is 5.21. The van der Waals surface area contributed by atoms with Crippen LogP contribution in [0.3, 0.4) is 0 Å². The number of phenols is 1. The van der Waals surface area contributed by atoms with Crippen molar-refractivity contribution in [3.05, 3.63) is 63.0 Å². The lowest BCUT2D eigenvalue weighted by Gasteiger charge is -2.11. The van der Waals surface area contributed by atoms with E-state index < -0.39 is 0 Å². The summed E-state index contributed by atoms with van der Waals surface area (Å²) in [6.45, 7) is 2.35. The van der Waals surface area contributed by atoms with Crippen molar-refractivity contribution in [2.45, 2.75) is 6.92 Å². The van der Waals surface area contributed by atoms with Crippen LogP contribution in [0.1, 0.15) is 12.5 Å². The number of phenolic OH excluding ortho intramolecular Hbond substituents is 1. The summed E-state index contributed by atoms with van der Waals surface area (Å²) in [5.41, 5.74) is 1.39. The lowest BCUT2D eigenvalue weighted by molar-refractivity contribution is 0.317. The van der Waals surface area contributed by atoms with Gasteiger partial charge in [-0.15, -0.1) is 0 Å². The Hall–Kier alpha value is -1.85. The fourth-order valence-electron chi connectivity index (χ4n) is 2.39. The quantitative estimate of drug-likeness (QED) is 0.481. The number of hydrogen-bond acceptors (Lipinski definition) is 3. The summed E-state index contributed by atoms with van der Waals surface area (Å²) in [6, 6.07) is 15.9. The van der Waals surface area contributed by atoms with Crippen molar-refractivity contribution in [2.75, 3.05) is 6.61 Å². The molecule has 0 aromatic heterocycles. The van der Waals surface area contributed by atoms with E-state index in [2.05, 4.69) is 42.9 Å². The summed E-state index contributed by atoms with van der Waals surface area (Å²) in [5.74, 6) is 0.490. The molecule has 0 saturated heterocycles. The number of nitrogens with zero attached hydrogens (tertiary/aromatic N) is 1. The molecule has 0 aliphatic heterocycles. The number of aromatic hydroxyl groups is 1. The van der Waals surface area contributed by atoms with E-state index in [9.17, 15) is 5.11 Å². The molecule has 0 amide bonds. The number of fused-ring (bicyclic) bond motifs is 1. The Labute approximate surface area is 157 Å². The SMILES string of the molecule is CCOc1cc(Br)c(Br)c(C=Nc2ccc3ccccc3c2)c1O. The zero-order chi connectivity index (χ0) is 17.1. The van der Waals surface area contributed by atoms with Crippen LogP contribution in [-0.2, 0) is 0 Å². The first kappa shape index (κ1) is 17.0. The van der Waals surface area contributed by atoms with E-state index in [0.717, 1.165) is 20.0 Å². The monoisotopic (exact) mass is 447 g/mol. The summed E-state index contributed by atoms with van der Waals surface area (Å²) < 4.78 is 6.99. The van der Waals surface area contributed by atoms with E-state index in [0.29, 0.717) is 17.9 Å². The second kappa shape index (κ2) is 7.36. The third-order valence-electron chi connectivity index (χ3n) is 3.57. The molecule has 5 heteroatoms. The molecular weight excluding hydrogens is 434 g/mol. The van der Waals surface area contributed by atoms with Gasteiger partial charge in [0.1, 0.15) is 0 Å². The van der Waals surface area contributed by atoms with Gasteiger partial charge in [-0.25, -0.2) is 0 Å². The Morgan fingerprint density at radius 2 is 1.83 bits per heavy atom. The lowest BCUT2D eigenvalue weighted by Crippen LogP contribution is -1.95. The fraction of sp³-hybridized carbons (Fsp3) is 0.105. The molecule has 3 rings (SSSR count). The molecular formula is C19H15Br2NO2. The molecule has 24 heavy (non-hydrogen) atoms. The van der Waals surface area contributed by atoms with Gasteiger partial charge in [0.2, 0.25) is 0 Å². The minimum Gasteiger partial charge on any atom is -0.504 e. The molecule has 0 aliphatic carbocycles. The molecule has 0 atom stereocenters. The second-order valence-electron chi connectivity index (χ2n) is 5.16. The van der Waals surface area contributed by atoms with E-state index in [1.807, 2.05) is 43.3 Å². The molecule has 1 N–H and O–H groups in total. The molecule has 3 nitrogen and oxygen atoms in total. The van der Waals surface area contributed by atoms with Crippen LogP contribution in [0.25, 0.3) is 10.8 Å². The Balaban J connectivity index is 2.01. The highest BCUT2D eigenvalue weighted by molar-refractivity contribution is 9.13. The normalized spacial score (nSPS) is 11.3. The van der Waals surface area contributed by atoms with Crippen molar-refractivity contribution >= 4 is 54.5 Å². The zero-order valence-electron chi connectivity index (χ0n) is 13.0. The van der Waals surface area contributed by atoms with Gasteiger partial charge < -0.3 is 9.84 Å². The maximum atomic E-state index is 10.4. The molecule has 3 aromatic rings. The minimum absolute atomic E-state index is 0.0662. The summed E-state index contributed by atoms with van der Waals surface area (Å²) >= 11 is 6.94. The van der Waals surface area contributed by atoms with Crippen molar-refractivity contribution in [3.8, 4) is 11.5 Å². The van der Waals surface area contributed by atoms with E-state index in [-0.39, 0.29) is 5.75 Å². The summed E-state index contributed by atoms with van der Waals surface area (Å²) in [7, 11) is 0. The number of benzene rings is 3. The average Bonchev–Trinajstić information content (AvgIpc) is 2.59. The highest BCUT2D eigenvalue weighted by Gasteiger charge is 2.14. The van der Waals surface area contributed by atoms with Crippen molar-refractivity contribution < 1.29 is 9.84 Å². The predicted molar refractivity (Wildman–Crippen MR) is 106 cm³/mol. The van der Waals surface area contributed by atoms with Crippen molar-refractivity contribution in [3.63, 3.8) is 0 Å². The van der Waals surface area contributed by atoms with Gasteiger partial charge in [-0.2, -0.15) is 0 Å². The standard InChI is InChI=1S/C19H15Br2NO2/c1-2-24-17-10-16(20)18(21)15(19(17)23)11-22-14-8-7-12-5-3-4-6-13(12)9-14/h3-11,23H,2H2,1H3. The van der Waals surface area contributed by atoms with Crippen molar-refractivity contribution in [1.82, 2.24) is 0 Å². The van der Waals surface area contributed by atoms with Gasteiger partial charge in [-0.05, 0) is 67.8 Å². The maximum Gasteiger partial charge on any atom is 0.167 e. The van der Waals surface area contributed by atoms with Crippen LogP contribution in [-0.4, -0.2) is 17.9 Å². The average molecular weight is 449 g/mol. The number of rotatable bonds is 4. The molecule has 3 aromatic carbocycles. The Morgan fingerprint density at radius 1 is 1.08 bits per heavy atom. The fourth-order valence-corrected chi connectivity index (χ4v) is 3.22. The predicted octanol–water partition coefficient (Wildman–Crippen LogP) is 6.22. The van der Waals surface area contributed by atoms with Crippen molar-refractivity contribution in [1.29, 1.82) is 0 Å². The van der Waals surface area contributed by atoms with Gasteiger partial charge in [0.05, 0.1) is 17.9 Å². The summed E-state index contributed by atoms with van der Waals surface area (Å²) in [6.07, 6.45) is 1.64. The molecule has 0 unspecified atom stereocenters. The summed E-state index contributed by atoms with van der Waals surface area (Å²) in [5, 5.41) is 12.7. The van der Waals surface area contributed by atoms with Crippen LogP contribution in [0.4, 0.5) is 5.69 Å². The van der Waals surface area contributed by atoms with Crippen molar-refractivity contribution in [2.24, 2.45) is 4.99 Å². The molecule has 0 fully saturated rings. The number of hydrogen-bond donors (Lipinski definition) is 1. The number of aliphatic imine (C=N–C) groups is 1. The maximum absolute atomic E-state index is 10.4. The highest BCUT2D eigenvalue weighted by Crippen LogP contribution is 2.40. The van der Waals surface area contributed by atoms with E-state index in [4.69, 9.17) is 4.74 Å². The largest absolute Gasteiger partial charge is 0.504 e. The lowest BCUT2D eigenvalue weighted by atomic mass is 10.1. The van der Waals surface area contributed by atoms with Crippen LogP contribution in [0.2, 0.25) is 0 Å². The van der Waals surface area contributed by atoms with E-state index in [1.165, 1.54) is 5.39 Å². The van der Waals surface area contributed by atoms with Crippen LogP contribution in [0.15, 0.2) is 62.5 Å². The van der Waals surface area contributed by atoms with Crippen LogP contribution in [0, 0.1) is 0 Å². The van der Waals surface area contributed by atoms with Gasteiger partial charge in [-0.3, -0.25) is 4.99 Å². The molecule has 0 spiro atoms. The first-order valence-electron chi connectivity index (χ1n) is 7.46. The summed E-state index contributed by atoms with van der Waals surface area (Å²) in [4.78, 5) is 4.50. The Bertz CT molecular complexity index is 923. The minimum atomic E-state index is 0.0662. The van der Waals surface area contributed by atoms with Gasteiger partial charge in [0, 0.05) is 15.2 Å². The van der Waals surface area contributed by atoms with Gasteiger partial charge in [0.15, 0.2) is 11.5 Å². The third-order valence-corrected chi connectivity index (χ3v) is 5.58. The first-order chi connectivity index (χ1) is 11.6.